The van der Waals surface area contributed by atoms with Crippen LogP contribution in [0.3, 0.4) is 0 Å². The van der Waals surface area contributed by atoms with Crippen molar-refractivity contribution >= 4 is 0 Å². The van der Waals surface area contributed by atoms with E-state index in [1.54, 1.807) is 0 Å². The Bertz CT molecular complexity index is 815. The molecule has 1 nitrogen and oxygen atoms in total. The second-order valence-corrected chi connectivity index (χ2v) is 8.65. The SMILES string of the molecule is CC1CCc2ccccc2[C@@H]1Cc1ccc(F)c(C(F)(F)F)c1.CCCCC(N)CC. The van der Waals surface area contributed by atoms with E-state index in [4.69, 9.17) is 5.73 Å². The van der Waals surface area contributed by atoms with Crippen LogP contribution in [0.2, 0.25) is 0 Å². The molecule has 3 atom stereocenters. The van der Waals surface area contributed by atoms with Gasteiger partial charge in [-0.3, -0.25) is 0 Å². The van der Waals surface area contributed by atoms with Crippen molar-refractivity contribution in [2.75, 3.05) is 0 Å². The molecule has 3 rings (SSSR count). The number of unbranched alkanes of at least 4 members (excludes halogenated alkanes) is 1. The number of fused-ring (bicyclic) bond motifs is 1. The van der Waals surface area contributed by atoms with E-state index in [9.17, 15) is 17.6 Å². The van der Waals surface area contributed by atoms with Gasteiger partial charge >= 0.3 is 6.18 Å². The highest BCUT2D eigenvalue weighted by molar-refractivity contribution is 5.36. The Morgan fingerprint density at radius 3 is 2.45 bits per heavy atom. The van der Waals surface area contributed by atoms with Crippen LogP contribution in [-0.4, -0.2) is 6.04 Å². The molecule has 0 bridgehead atoms. The fourth-order valence-electron chi connectivity index (χ4n) is 4.17. The summed E-state index contributed by atoms with van der Waals surface area (Å²) in [5, 5.41) is 0. The highest BCUT2D eigenvalue weighted by Crippen LogP contribution is 2.39. The number of hydrogen-bond acceptors (Lipinski definition) is 1. The van der Waals surface area contributed by atoms with Crippen LogP contribution in [0.25, 0.3) is 0 Å². The molecule has 0 fully saturated rings. The standard InChI is InChI=1S/C19H18F4.C7H17N/c1-12-6-8-14-4-2-3-5-15(14)16(12)10-13-7-9-18(20)17(11-13)19(21,22)23;1-3-5-6-7(8)4-2/h2-5,7,9,11-12,16H,6,8,10H2,1H3;7H,3-6,8H2,1-2H3/t12?,16-;/m1./s1. The van der Waals surface area contributed by atoms with Crippen LogP contribution in [0.5, 0.6) is 0 Å². The topological polar surface area (TPSA) is 26.0 Å². The molecule has 172 valence electrons. The Labute approximate surface area is 184 Å². The predicted molar refractivity (Wildman–Crippen MR) is 120 cm³/mol. The predicted octanol–water partition coefficient (Wildman–Crippen LogP) is 7.67. The molecule has 0 heterocycles. The van der Waals surface area contributed by atoms with Crippen LogP contribution >= 0.6 is 0 Å². The van der Waals surface area contributed by atoms with Crippen molar-refractivity contribution in [3.63, 3.8) is 0 Å². The van der Waals surface area contributed by atoms with E-state index >= 15 is 0 Å². The molecule has 5 heteroatoms. The van der Waals surface area contributed by atoms with E-state index in [0.29, 0.717) is 23.9 Å². The zero-order valence-electron chi connectivity index (χ0n) is 18.8. The minimum atomic E-state index is -4.66. The second kappa shape index (κ2) is 11.7. The summed E-state index contributed by atoms with van der Waals surface area (Å²) in [6, 6.07) is 11.9. The van der Waals surface area contributed by atoms with Gasteiger partial charge in [-0.15, -0.1) is 0 Å². The quantitative estimate of drug-likeness (QED) is 0.461. The van der Waals surface area contributed by atoms with Gasteiger partial charge in [0.15, 0.2) is 0 Å². The van der Waals surface area contributed by atoms with Crippen molar-refractivity contribution in [2.24, 2.45) is 11.7 Å². The van der Waals surface area contributed by atoms with Gasteiger partial charge in [0, 0.05) is 6.04 Å². The summed E-state index contributed by atoms with van der Waals surface area (Å²) in [7, 11) is 0. The third-order valence-electron chi connectivity index (χ3n) is 6.26. The van der Waals surface area contributed by atoms with Gasteiger partial charge in [-0.2, -0.15) is 13.2 Å². The number of aryl methyl sites for hydroxylation is 1. The molecular weight excluding hydrogens is 402 g/mol. The van der Waals surface area contributed by atoms with E-state index < -0.39 is 17.6 Å². The number of rotatable bonds is 6. The molecule has 2 unspecified atom stereocenters. The number of halogens is 4. The Balaban J connectivity index is 0.000000366. The summed E-state index contributed by atoms with van der Waals surface area (Å²) in [5.74, 6) is -0.644. The molecule has 0 aromatic heterocycles. The highest BCUT2D eigenvalue weighted by Gasteiger charge is 2.34. The van der Waals surface area contributed by atoms with E-state index in [1.807, 2.05) is 12.1 Å². The molecule has 2 aromatic rings. The molecule has 0 radical (unpaired) electrons. The first-order valence-corrected chi connectivity index (χ1v) is 11.4. The van der Waals surface area contributed by atoms with Gasteiger partial charge in [-0.05, 0) is 72.8 Å². The van der Waals surface area contributed by atoms with Crippen LogP contribution < -0.4 is 5.73 Å². The molecule has 0 saturated heterocycles. The van der Waals surface area contributed by atoms with Gasteiger partial charge in [0.05, 0.1) is 5.56 Å². The van der Waals surface area contributed by atoms with Crippen molar-refractivity contribution in [2.45, 2.75) is 83.9 Å². The summed E-state index contributed by atoms with van der Waals surface area (Å²) >= 11 is 0. The van der Waals surface area contributed by atoms with Crippen molar-refractivity contribution in [3.05, 3.63) is 70.5 Å². The molecule has 31 heavy (non-hydrogen) atoms. The number of benzene rings is 2. The summed E-state index contributed by atoms with van der Waals surface area (Å²) in [4.78, 5) is 0. The fraction of sp³-hybridized carbons (Fsp3) is 0.538. The third kappa shape index (κ3) is 7.34. The van der Waals surface area contributed by atoms with Crippen LogP contribution in [0, 0.1) is 11.7 Å². The smallest absolute Gasteiger partial charge is 0.328 e. The van der Waals surface area contributed by atoms with Crippen LogP contribution in [0.1, 0.15) is 81.0 Å². The molecular formula is C26H35F4N. The summed E-state index contributed by atoms with van der Waals surface area (Å²) < 4.78 is 52.1. The first-order chi connectivity index (χ1) is 14.7. The zero-order chi connectivity index (χ0) is 23.0. The first kappa shape index (κ1) is 25.4. The van der Waals surface area contributed by atoms with Crippen LogP contribution in [0.15, 0.2) is 42.5 Å². The maximum atomic E-state index is 13.4. The molecule has 2 aromatic carbocycles. The second-order valence-electron chi connectivity index (χ2n) is 8.65. The number of hydrogen-bond donors (Lipinski definition) is 1. The van der Waals surface area contributed by atoms with E-state index in [1.165, 1.54) is 36.5 Å². The third-order valence-corrected chi connectivity index (χ3v) is 6.26. The first-order valence-electron chi connectivity index (χ1n) is 11.4. The minimum Gasteiger partial charge on any atom is -0.328 e. The lowest BCUT2D eigenvalue weighted by atomic mass is 9.73. The average Bonchev–Trinajstić information content (AvgIpc) is 2.75. The molecule has 0 aliphatic heterocycles. The van der Waals surface area contributed by atoms with Crippen LogP contribution in [0.4, 0.5) is 17.6 Å². The lowest BCUT2D eigenvalue weighted by molar-refractivity contribution is -0.140. The number of nitrogens with two attached hydrogens (primary N) is 1. The van der Waals surface area contributed by atoms with E-state index in [2.05, 4.69) is 32.9 Å². The van der Waals surface area contributed by atoms with E-state index in [0.717, 1.165) is 31.4 Å². The molecule has 0 spiro atoms. The summed E-state index contributed by atoms with van der Waals surface area (Å²) in [5.41, 5.74) is 7.50. The molecule has 0 saturated carbocycles. The Kier molecular flexibility index (Phi) is 9.54. The molecule has 1 aliphatic rings. The maximum absolute atomic E-state index is 13.4. The largest absolute Gasteiger partial charge is 0.419 e. The van der Waals surface area contributed by atoms with Gasteiger partial charge in [0.25, 0.3) is 0 Å². The molecule has 1 aliphatic carbocycles. The van der Waals surface area contributed by atoms with Gasteiger partial charge in [0.1, 0.15) is 5.82 Å². The normalized spacial score (nSPS) is 19.2. The van der Waals surface area contributed by atoms with Gasteiger partial charge in [-0.25, -0.2) is 4.39 Å². The Morgan fingerprint density at radius 2 is 1.81 bits per heavy atom. The van der Waals surface area contributed by atoms with E-state index in [-0.39, 0.29) is 5.92 Å². The van der Waals surface area contributed by atoms with Crippen molar-refractivity contribution in [1.29, 1.82) is 0 Å². The van der Waals surface area contributed by atoms with Crippen molar-refractivity contribution < 1.29 is 17.6 Å². The number of alkyl halides is 3. The lowest BCUT2D eigenvalue weighted by Crippen LogP contribution is -2.20. The lowest BCUT2D eigenvalue weighted by Gasteiger charge is -2.31. The fourth-order valence-corrected chi connectivity index (χ4v) is 4.17. The molecule has 0 amide bonds. The average molecular weight is 438 g/mol. The van der Waals surface area contributed by atoms with Crippen molar-refractivity contribution in [3.8, 4) is 0 Å². The zero-order valence-corrected chi connectivity index (χ0v) is 18.8. The maximum Gasteiger partial charge on any atom is 0.419 e. The Morgan fingerprint density at radius 1 is 1.10 bits per heavy atom. The Hall–Kier alpha value is -1.88. The van der Waals surface area contributed by atoms with Gasteiger partial charge in [0.2, 0.25) is 0 Å². The highest BCUT2D eigenvalue weighted by atomic mass is 19.4. The summed E-state index contributed by atoms with van der Waals surface area (Å²) in [6.45, 7) is 6.47. The van der Waals surface area contributed by atoms with Crippen LogP contribution in [-0.2, 0) is 19.0 Å². The monoisotopic (exact) mass is 437 g/mol. The minimum absolute atomic E-state index is 0.173. The van der Waals surface area contributed by atoms with Crippen molar-refractivity contribution in [1.82, 2.24) is 0 Å². The summed E-state index contributed by atoms with van der Waals surface area (Å²) in [6.07, 6.45) is 2.76. The molecule has 2 N–H and O–H groups in total. The van der Waals surface area contributed by atoms with Gasteiger partial charge in [-0.1, -0.05) is 63.9 Å². The van der Waals surface area contributed by atoms with Gasteiger partial charge < -0.3 is 5.73 Å².